The monoisotopic (exact) mass is 507 g/mol. The molecular weight excluding hydrogens is 466 g/mol. The molecule has 2 aromatic rings. The number of hydrogen-bond acceptors (Lipinski definition) is 5. The Morgan fingerprint density at radius 3 is 2.49 bits per heavy atom. The zero-order chi connectivity index (χ0) is 25.8. The van der Waals surface area contributed by atoms with Crippen molar-refractivity contribution in [2.75, 3.05) is 31.5 Å². The van der Waals surface area contributed by atoms with Gasteiger partial charge in [-0.3, -0.25) is 19.1 Å². The first-order valence-corrected chi connectivity index (χ1v) is 14.2. The Bertz CT molecular complexity index is 1170. The van der Waals surface area contributed by atoms with Crippen LogP contribution in [0.25, 0.3) is 0 Å². The van der Waals surface area contributed by atoms with Gasteiger partial charge in [0, 0.05) is 43.9 Å². The lowest BCUT2D eigenvalue weighted by molar-refractivity contribution is -0.133. The summed E-state index contributed by atoms with van der Waals surface area (Å²) in [6, 6.07) is 8.26. The number of aryl methyl sites for hydroxylation is 2. The molecular formula is C29H41N5O3. The topological polar surface area (TPSA) is 90.4 Å². The SMILES string of the molecule is CC1CCN(C2CCN(C(=O)CCCCn3c(=O)cc(Nc4ccc5c(c4)CCC5)[nH]c3=O)CC2)CC1. The summed E-state index contributed by atoms with van der Waals surface area (Å²) < 4.78 is 1.23. The maximum atomic E-state index is 12.7. The number of hydrogen-bond donors (Lipinski definition) is 2. The molecule has 8 heteroatoms. The van der Waals surface area contributed by atoms with E-state index in [1.807, 2.05) is 11.0 Å². The number of nitrogens with zero attached hydrogens (tertiary/aromatic N) is 3. The van der Waals surface area contributed by atoms with Gasteiger partial charge in [-0.05, 0) is 100 Å². The quantitative estimate of drug-likeness (QED) is 0.532. The van der Waals surface area contributed by atoms with Gasteiger partial charge < -0.3 is 15.1 Å². The first-order chi connectivity index (χ1) is 18.0. The van der Waals surface area contributed by atoms with Gasteiger partial charge >= 0.3 is 5.69 Å². The highest BCUT2D eigenvalue weighted by Crippen LogP contribution is 2.26. The Kier molecular flexibility index (Phi) is 8.13. The second-order valence-electron chi connectivity index (χ2n) is 11.2. The minimum atomic E-state index is -0.420. The van der Waals surface area contributed by atoms with Crippen LogP contribution in [0.1, 0.15) is 69.4 Å². The smallest absolute Gasteiger partial charge is 0.329 e. The molecule has 0 spiro atoms. The first kappa shape index (κ1) is 25.8. The summed E-state index contributed by atoms with van der Waals surface area (Å²) in [5, 5.41) is 3.16. The van der Waals surface area contributed by atoms with Crippen molar-refractivity contribution in [1.82, 2.24) is 19.4 Å². The number of piperidine rings is 2. The van der Waals surface area contributed by atoms with Gasteiger partial charge in [0.05, 0.1) is 0 Å². The van der Waals surface area contributed by atoms with E-state index in [0.717, 1.165) is 50.4 Å². The lowest BCUT2D eigenvalue weighted by atomic mass is 9.95. The molecule has 2 N–H and O–H groups in total. The summed E-state index contributed by atoms with van der Waals surface area (Å²) in [7, 11) is 0. The van der Waals surface area contributed by atoms with Gasteiger partial charge in [0.25, 0.3) is 5.56 Å². The molecule has 200 valence electrons. The number of nitrogens with one attached hydrogen (secondary N) is 2. The summed E-state index contributed by atoms with van der Waals surface area (Å²) in [5.74, 6) is 1.44. The fraction of sp³-hybridized carbons (Fsp3) is 0.621. The summed E-state index contributed by atoms with van der Waals surface area (Å²) in [6.07, 6.45) is 9.83. The molecule has 0 atom stereocenters. The average Bonchev–Trinajstić information content (AvgIpc) is 3.36. The number of likely N-dealkylation sites (tertiary alicyclic amines) is 2. The number of unbranched alkanes of at least 4 members (excludes halogenated alkanes) is 1. The van der Waals surface area contributed by atoms with Crippen LogP contribution in [0.2, 0.25) is 0 Å². The van der Waals surface area contributed by atoms with E-state index in [1.54, 1.807) is 0 Å². The Balaban J connectivity index is 1.06. The van der Waals surface area contributed by atoms with E-state index in [-0.39, 0.29) is 11.5 Å². The standard InChI is InChI=1S/C29H41N5O3/c1-21-10-15-32(16-11-21)25-12-17-33(18-13-25)27(35)7-2-3-14-34-28(36)20-26(31-29(34)37)30-24-9-8-22-5-4-6-23(22)19-24/h8-9,19-21,25,30H,2-7,10-18H2,1H3,(H,31,37). The van der Waals surface area contributed by atoms with Crippen LogP contribution in [-0.4, -0.2) is 57.5 Å². The van der Waals surface area contributed by atoms with E-state index in [0.29, 0.717) is 37.7 Å². The van der Waals surface area contributed by atoms with E-state index in [9.17, 15) is 14.4 Å². The van der Waals surface area contributed by atoms with Crippen LogP contribution in [0.3, 0.4) is 0 Å². The minimum Gasteiger partial charge on any atom is -0.343 e. The van der Waals surface area contributed by atoms with Crippen LogP contribution in [-0.2, 0) is 24.2 Å². The number of amides is 1. The van der Waals surface area contributed by atoms with Crippen LogP contribution in [0.15, 0.2) is 33.9 Å². The molecule has 8 nitrogen and oxygen atoms in total. The van der Waals surface area contributed by atoms with Crippen LogP contribution in [0, 0.1) is 5.92 Å². The van der Waals surface area contributed by atoms with Gasteiger partial charge in [-0.15, -0.1) is 0 Å². The molecule has 1 amide bonds. The third kappa shape index (κ3) is 6.35. The normalized spacial score (nSPS) is 19.2. The predicted molar refractivity (Wildman–Crippen MR) is 146 cm³/mol. The molecule has 3 aliphatic rings. The van der Waals surface area contributed by atoms with Crippen molar-refractivity contribution in [2.24, 2.45) is 5.92 Å². The van der Waals surface area contributed by atoms with Gasteiger partial charge in [0.1, 0.15) is 5.82 Å². The summed E-state index contributed by atoms with van der Waals surface area (Å²) in [6.45, 7) is 6.73. The van der Waals surface area contributed by atoms with Crippen LogP contribution >= 0.6 is 0 Å². The Morgan fingerprint density at radius 1 is 0.973 bits per heavy atom. The molecule has 37 heavy (non-hydrogen) atoms. The second kappa shape index (κ2) is 11.7. The maximum Gasteiger partial charge on any atom is 0.329 e. The number of fused-ring (bicyclic) bond motifs is 1. The van der Waals surface area contributed by atoms with Crippen molar-refractivity contribution in [3.8, 4) is 0 Å². The molecule has 0 bridgehead atoms. The van der Waals surface area contributed by atoms with E-state index in [4.69, 9.17) is 0 Å². The number of carbonyl (C=O) groups excluding carboxylic acids is 1. The Hall–Kier alpha value is -2.87. The molecule has 5 rings (SSSR count). The van der Waals surface area contributed by atoms with Crippen molar-refractivity contribution in [1.29, 1.82) is 0 Å². The molecule has 0 saturated carbocycles. The number of H-pyrrole nitrogens is 1. The number of aromatic nitrogens is 2. The second-order valence-corrected chi connectivity index (χ2v) is 11.2. The van der Waals surface area contributed by atoms with E-state index < -0.39 is 5.69 Å². The highest BCUT2D eigenvalue weighted by molar-refractivity contribution is 5.76. The number of aromatic amines is 1. The fourth-order valence-corrected chi connectivity index (χ4v) is 6.18. The predicted octanol–water partition coefficient (Wildman–Crippen LogP) is 3.66. The van der Waals surface area contributed by atoms with E-state index in [2.05, 4.69) is 34.3 Å². The molecule has 2 aliphatic heterocycles. The molecule has 1 aliphatic carbocycles. The maximum absolute atomic E-state index is 12.7. The van der Waals surface area contributed by atoms with Crippen LogP contribution in [0.5, 0.6) is 0 Å². The lowest BCUT2D eigenvalue weighted by Crippen LogP contribution is -2.48. The minimum absolute atomic E-state index is 0.195. The highest BCUT2D eigenvalue weighted by atomic mass is 16.2. The third-order valence-corrected chi connectivity index (χ3v) is 8.57. The molecule has 1 aromatic heterocycles. The summed E-state index contributed by atoms with van der Waals surface area (Å²) >= 11 is 0. The van der Waals surface area contributed by atoms with E-state index >= 15 is 0 Å². The van der Waals surface area contributed by atoms with Crippen molar-refractivity contribution < 1.29 is 4.79 Å². The zero-order valence-electron chi connectivity index (χ0n) is 22.1. The largest absolute Gasteiger partial charge is 0.343 e. The average molecular weight is 508 g/mol. The zero-order valence-corrected chi connectivity index (χ0v) is 22.1. The molecule has 1 aromatic carbocycles. The van der Waals surface area contributed by atoms with Gasteiger partial charge in [0.15, 0.2) is 0 Å². The van der Waals surface area contributed by atoms with Crippen molar-refractivity contribution in [3.63, 3.8) is 0 Å². The molecule has 2 fully saturated rings. The summed E-state index contributed by atoms with van der Waals surface area (Å²) in [5.41, 5.74) is 2.84. The lowest BCUT2D eigenvalue weighted by Gasteiger charge is -2.41. The van der Waals surface area contributed by atoms with Crippen LogP contribution < -0.4 is 16.6 Å². The van der Waals surface area contributed by atoms with Gasteiger partial charge in [-0.1, -0.05) is 13.0 Å². The van der Waals surface area contributed by atoms with Crippen molar-refractivity contribution in [2.45, 2.75) is 83.7 Å². The van der Waals surface area contributed by atoms with Crippen molar-refractivity contribution in [3.05, 3.63) is 56.2 Å². The number of anilines is 2. The third-order valence-electron chi connectivity index (χ3n) is 8.57. The van der Waals surface area contributed by atoms with Crippen molar-refractivity contribution >= 4 is 17.4 Å². The number of carbonyl (C=O) groups is 1. The van der Waals surface area contributed by atoms with Gasteiger partial charge in [-0.25, -0.2) is 4.79 Å². The van der Waals surface area contributed by atoms with Gasteiger partial charge in [-0.2, -0.15) is 0 Å². The molecule has 0 radical (unpaired) electrons. The van der Waals surface area contributed by atoms with Crippen LogP contribution in [0.4, 0.5) is 11.5 Å². The van der Waals surface area contributed by atoms with E-state index in [1.165, 1.54) is 54.1 Å². The first-order valence-electron chi connectivity index (χ1n) is 14.2. The fourth-order valence-electron chi connectivity index (χ4n) is 6.18. The Labute approximate surface area is 219 Å². The van der Waals surface area contributed by atoms with Gasteiger partial charge in [0.2, 0.25) is 5.91 Å². The molecule has 2 saturated heterocycles. The summed E-state index contributed by atoms with van der Waals surface area (Å²) in [4.78, 5) is 45.3. The number of rotatable bonds is 8. The Morgan fingerprint density at radius 2 is 1.73 bits per heavy atom. The highest BCUT2D eigenvalue weighted by Gasteiger charge is 2.28. The molecule has 0 unspecified atom stereocenters. The number of benzene rings is 1. The molecule has 3 heterocycles.